The molecule has 0 aliphatic heterocycles. The Morgan fingerprint density at radius 3 is 2.67 bits per heavy atom. The molecule has 0 spiro atoms. The number of hydrogen-bond donors (Lipinski definition) is 3. The third kappa shape index (κ3) is 4.24. The molecule has 0 aromatic heterocycles. The summed E-state index contributed by atoms with van der Waals surface area (Å²) in [6.07, 6.45) is -0.309. The van der Waals surface area contributed by atoms with Gasteiger partial charge in [-0.2, -0.15) is 5.26 Å². The number of rotatable bonds is 4. The molecule has 0 bridgehead atoms. The van der Waals surface area contributed by atoms with Gasteiger partial charge in [0.2, 0.25) is 5.91 Å². The molecule has 0 unspecified atom stereocenters. The van der Waals surface area contributed by atoms with E-state index in [2.05, 4.69) is 5.32 Å². The molecule has 0 fully saturated rings. The van der Waals surface area contributed by atoms with Crippen molar-refractivity contribution in [1.82, 2.24) is 5.32 Å². The number of carboxylic acid groups (broad SMARTS) is 1. The number of aliphatic carboxylic acids is 1. The van der Waals surface area contributed by atoms with E-state index in [1.54, 1.807) is 6.07 Å². The first kappa shape index (κ1) is 10.4. The second-order valence-corrected chi connectivity index (χ2v) is 2.08. The molecule has 6 nitrogen and oxygen atoms in total. The summed E-state index contributed by atoms with van der Waals surface area (Å²) in [6, 6.07) is 0.476. The average Bonchev–Trinajstić information content (AvgIpc) is 2.00. The first-order valence-electron chi connectivity index (χ1n) is 3.20. The van der Waals surface area contributed by atoms with Crippen LogP contribution in [0.5, 0.6) is 0 Å². The van der Waals surface area contributed by atoms with Crippen molar-refractivity contribution in [3.63, 3.8) is 0 Å². The molecule has 0 heterocycles. The highest BCUT2D eigenvalue weighted by atomic mass is 16.4. The summed E-state index contributed by atoms with van der Waals surface area (Å²) in [5.41, 5.74) is 5.05. The molecule has 0 saturated carbocycles. The van der Waals surface area contributed by atoms with Crippen molar-refractivity contribution < 1.29 is 14.7 Å². The molecule has 6 heteroatoms. The first-order valence-corrected chi connectivity index (χ1v) is 3.20. The van der Waals surface area contributed by atoms with Gasteiger partial charge in [-0.25, -0.2) is 0 Å². The van der Waals surface area contributed by atoms with Crippen molar-refractivity contribution >= 4 is 11.9 Å². The number of nitrogens with one attached hydrogen (secondary N) is 1. The molecular formula is C6H9N3O3. The number of hydrogen-bond acceptors (Lipinski definition) is 4. The number of nitriles is 1. The van der Waals surface area contributed by atoms with Crippen LogP contribution in [0.25, 0.3) is 0 Å². The Morgan fingerprint density at radius 2 is 2.25 bits per heavy atom. The maximum absolute atomic E-state index is 10.7. The van der Waals surface area contributed by atoms with Crippen molar-refractivity contribution in [2.24, 2.45) is 5.73 Å². The van der Waals surface area contributed by atoms with Crippen LogP contribution in [-0.4, -0.2) is 29.6 Å². The van der Waals surface area contributed by atoms with Crippen LogP contribution in [0.1, 0.15) is 6.42 Å². The van der Waals surface area contributed by atoms with Crippen molar-refractivity contribution in [2.45, 2.75) is 12.5 Å². The van der Waals surface area contributed by atoms with Gasteiger partial charge in [-0.3, -0.25) is 9.59 Å². The highest BCUT2D eigenvalue weighted by Crippen LogP contribution is 1.87. The van der Waals surface area contributed by atoms with Crippen LogP contribution >= 0.6 is 0 Å². The standard InChI is InChI=1S/C6H9N3O3/c7-1-2-9-5(10)3-4(8)6(11)12/h4H,2-3,8H2,(H,9,10)(H,11,12)/t4-/m0/s1. The molecular weight excluding hydrogens is 162 g/mol. The Balaban J connectivity index is 3.71. The highest BCUT2D eigenvalue weighted by Gasteiger charge is 2.15. The highest BCUT2D eigenvalue weighted by molar-refractivity contribution is 5.84. The van der Waals surface area contributed by atoms with Crippen LogP contribution in [0, 0.1) is 11.3 Å². The number of carbonyl (C=O) groups is 2. The molecule has 0 aromatic rings. The van der Waals surface area contributed by atoms with E-state index < -0.39 is 17.9 Å². The zero-order valence-corrected chi connectivity index (χ0v) is 6.28. The van der Waals surface area contributed by atoms with Gasteiger partial charge in [0, 0.05) is 0 Å². The number of carbonyl (C=O) groups excluding carboxylic acids is 1. The van der Waals surface area contributed by atoms with Crippen LogP contribution in [0.4, 0.5) is 0 Å². The molecule has 0 saturated heterocycles. The Morgan fingerprint density at radius 1 is 1.67 bits per heavy atom. The van der Waals surface area contributed by atoms with Gasteiger partial charge in [-0.05, 0) is 0 Å². The fourth-order valence-electron chi connectivity index (χ4n) is 0.497. The van der Waals surface area contributed by atoms with Gasteiger partial charge < -0.3 is 16.2 Å². The number of amides is 1. The van der Waals surface area contributed by atoms with Gasteiger partial charge in [0.05, 0.1) is 12.5 Å². The van der Waals surface area contributed by atoms with E-state index in [-0.39, 0.29) is 13.0 Å². The molecule has 4 N–H and O–H groups in total. The summed E-state index contributed by atoms with van der Waals surface area (Å²) in [5.74, 6) is -1.77. The van der Waals surface area contributed by atoms with Gasteiger partial charge in [0.1, 0.15) is 12.6 Å². The Labute approximate surface area is 69.0 Å². The van der Waals surface area contributed by atoms with E-state index in [0.29, 0.717) is 0 Å². The van der Waals surface area contributed by atoms with Gasteiger partial charge in [0.15, 0.2) is 0 Å². The molecule has 1 amide bonds. The Bertz CT molecular complexity index is 221. The fraction of sp³-hybridized carbons (Fsp3) is 0.500. The summed E-state index contributed by atoms with van der Waals surface area (Å²) in [7, 11) is 0. The minimum Gasteiger partial charge on any atom is -0.480 e. The summed E-state index contributed by atoms with van der Waals surface area (Å²) in [6.45, 7) is -0.134. The largest absolute Gasteiger partial charge is 0.480 e. The number of nitrogens with two attached hydrogens (primary N) is 1. The third-order valence-corrected chi connectivity index (χ3v) is 1.09. The molecule has 0 rings (SSSR count). The Hall–Kier alpha value is -1.61. The maximum atomic E-state index is 10.7. The van der Waals surface area contributed by atoms with Crippen LogP contribution in [-0.2, 0) is 9.59 Å². The molecule has 12 heavy (non-hydrogen) atoms. The summed E-state index contributed by atoms with van der Waals surface area (Å²) < 4.78 is 0. The van der Waals surface area contributed by atoms with E-state index >= 15 is 0 Å². The first-order chi connectivity index (χ1) is 5.57. The molecule has 0 aliphatic rings. The smallest absolute Gasteiger partial charge is 0.321 e. The van der Waals surface area contributed by atoms with Crippen molar-refractivity contribution in [3.05, 3.63) is 0 Å². The minimum atomic E-state index is -1.23. The van der Waals surface area contributed by atoms with Crippen LogP contribution in [0.3, 0.4) is 0 Å². The number of carboxylic acids is 1. The lowest BCUT2D eigenvalue weighted by Crippen LogP contribution is -2.37. The Kier molecular flexibility index (Phi) is 4.41. The van der Waals surface area contributed by atoms with E-state index in [1.807, 2.05) is 0 Å². The number of nitrogens with zero attached hydrogens (tertiary/aromatic N) is 1. The molecule has 0 aliphatic carbocycles. The molecule has 66 valence electrons. The van der Waals surface area contributed by atoms with E-state index in [0.717, 1.165) is 0 Å². The summed E-state index contributed by atoms with van der Waals surface area (Å²) in [5, 5.41) is 18.5. The quantitative estimate of drug-likeness (QED) is 0.442. The van der Waals surface area contributed by atoms with Gasteiger partial charge in [0.25, 0.3) is 0 Å². The SMILES string of the molecule is N#CCNC(=O)C[C@H](N)C(=O)O. The lowest BCUT2D eigenvalue weighted by molar-refractivity contribution is -0.140. The van der Waals surface area contributed by atoms with E-state index in [1.165, 1.54) is 0 Å². The topological polar surface area (TPSA) is 116 Å². The average molecular weight is 171 g/mol. The van der Waals surface area contributed by atoms with Crippen LogP contribution in [0.15, 0.2) is 0 Å². The normalized spacial score (nSPS) is 11.3. The molecule has 0 aromatic carbocycles. The fourth-order valence-corrected chi connectivity index (χ4v) is 0.497. The van der Waals surface area contributed by atoms with Gasteiger partial charge >= 0.3 is 5.97 Å². The second kappa shape index (κ2) is 5.09. The second-order valence-electron chi connectivity index (χ2n) is 2.08. The van der Waals surface area contributed by atoms with E-state index in [9.17, 15) is 9.59 Å². The monoisotopic (exact) mass is 171 g/mol. The van der Waals surface area contributed by atoms with E-state index in [4.69, 9.17) is 16.1 Å². The lowest BCUT2D eigenvalue weighted by Gasteiger charge is -2.04. The van der Waals surface area contributed by atoms with Crippen LogP contribution < -0.4 is 11.1 Å². The summed E-state index contributed by atoms with van der Waals surface area (Å²) in [4.78, 5) is 20.8. The zero-order chi connectivity index (χ0) is 9.56. The maximum Gasteiger partial charge on any atom is 0.321 e. The molecule has 1 atom stereocenters. The predicted octanol–water partition coefficient (Wildman–Crippen LogP) is -1.57. The van der Waals surface area contributed by atoms with Crippen molar-refractivity contribution in [2.75, 3.05) is 6.54 Å². The third-order valence-electron chi connectivity index (χ3n) is 1.09. The van der Waals surface area contributed by atoms with Crippen molar-refractivity contribution in [1.29, 1.82) is 5.26 Å². The summed E-state index contributed by atoms with van der Waals surface area (Å²) >= 11 is 0. The predicted molar refractivity (Wildman–Crippen MR) is 38.9 cm³/mol. The zero-order valence-electron chi connectivity index (χ0n) is 6.28. The minimum absolute atomic E-state index is 0.134. The lowest BCUT2D eigenvalue weighted by atomic mass is 10.2. The molecule has 0 radical (unpaired) electrons. The van der Waals surface area contributed by atoms with Gasteiger partial charge in [-0.1, -0.05) is 0 Å². The van der Waals surface area contributed by atoms with Crippen molar-refractivity contribution in [3.8, 4) is 6.07 Å². The van der Waals surface area contributed by atoms with Gasteiger partial charge in [-0.15, -0.1) is 0 Å². The van der Waals surface area contributed by atoms with Crippen LogP contribution in [0.2, 0.25) is 0 Å².